The van der Waals surface area contributed by atoms with Gasteiger partial charge in [0, 0.05) is 36.7 Å². The summed E-state index contributed by atoms with van der Waals surface area (Å²) in [6.45, 7) is 16.3. The van der Waals surface area contributed by atoms with Gasteiger partial charge in [0.15, 0.2) is 0 Å². The molecule has 0 spiro atoms. The molecule has 88 valence electrons. The Morgan fingerprint density at radius 3 is 2.87 bits per heavy atom. The van der Waals surface area contributed by atoms with Crippen molar-refractivity contribution in [2.75, 3.05) is 38.5 Å². The van der Waals surface area contributed by atoms with E-state index in [9.17, 15) is 0 Å². The van der Waals surface area contributed by atoms with Crippen LogP contribution >= 0.6 is 11.8 Å². The van der Waals surface area contributed by atoms with E-state index in [1.807, 2.05) is 0 Å². The molecule has 0 atom stereocenters. The standard InChI is InChI=1S/C12H24N2S/c1-5-13-8-11(2)9-14-6-7-15-12(3,4)10-14/h13H,2,5-10H2,1,3-4H3. The molecule has 2 nitrogen and oxygen atoms in total. The highest BCUT2D eigenvalue weighted by molar-refractivity contribution is 8.00. The first-order valence-electron chi connectivity index (χ1n) is 5.77. The Morgan fingerprint density at radius 1 is 1.53 bits per heavy atom. The maximum Gasteiger partial charge on any atom is 0.0231 e. The summed E-state index contributed by atoms with van der Waals surface area (Å²) in [7, 11) is 0. The highest BCUT2D eigenvalue weighted by atomic mass is 32.2. The summed E-state index contributed by atoms with van der Waals surface area (Å²) in [5.74, 6) is 1.25. The van der Waals surface area contributed by atoms with Gasteiger partial charge in [0.05, 0.1) is 0 Å². The lowest BCUT2D eigenvalue weighted by molar-refractivity contribution is 0.279. The molecule has 1 aliphatic rings. The monoisotopic (exact) mass is 228 g/mol. The molecule has 1 rings (SSSR count). The second kappa shape index (κ2) is 5.92. The van der Waals surface area contributed by atoms with Gasteiger partial charge in [-0.05, 0) is 26.0 Å². The second-order valence-electron chi connectivity index (χ2n) is 4.85. The lowest BCUT2D eigenvalue weighted by atomic mass is 10.1. The van der Waals surface area contributed by atoms with E-state index >= 15 is 0 Å². The van der Waals surface area contributed by atoms with E-state index in [0.717, 1.165) is 19.6 Å². The van der Waals surface area contributed by atoms with E-state index in [0.29, 0.717) is 4.75 Å². The van der Waals surface area contributed by atoms with Crippen LogP contribution in [0.15, 0.2) is 12.2 Å². The van der Waals surface area contributed by atoms with E-state index in [4.69, 9.17) is 0 Å². The molecule has 15 heavy (non-hydrogen) atoms. The molecule has 0 saturated carbocycles. The first kappa shape index (κ1) is 13.1. The van der Waals surface area contributed by atoms with Crippen LogP contribution in [-0.4, -0.2) is 48.1 Å². The van der Waals surface area contributed by atoms with Gasteiger partial charge in [-0.15, -0.1) is 0 Å². The summed E-state index contributed by atoms with van der Waals surface area (Å²) >= 11 is 2.08. The third-order valence-electron chi connectivity index (χ3n) is 2.58. The zero-order valence-corrected chi connectivity index (χ0v) is 11.1. The maximum absolute atomic E-state index is 4.12. The highest BCUT2D eigenvalue weighted by Crippen LogP contribution is 2.29. The molecule has 1 fully saturated rings. The number of nitrogens with one attached hydrogen (secondary N) is 1. The number of likely N-dealkylation sites (N-methyl/N-ethyl adjacent to an activating group) is 1. The summed E-state index contributed by atoms with van der Waals surface area (Å²) in [5.41, 5.74) is 1.31. The van der Waals surface area contributed by atoms with Gasteiger partial charge in [-0.1, -0.05) is 13.5 Å². The molecule has 0 bridgehead atoms. The van der Waals surface area contributed by atoms with Gasteiger partial charge in [0.1, 0.15) is 0 Å². The van der Waals surface area contributed by atoms with Crippen molar-refractivity contribution in [2.24, 2.45) is 0 Å². The molecule has 1 N–H and O–H groups in total. The SMILES string of the molecule is C=C(CNCC)CN1CCSC(C)(C)C1. The molecule has 1 aliphatic heterocycles. The quantitative estimate of drug-likeness (QED) is 0.724. The number of hydrogen-bond acceptors (Lipinski definition) is 3. The number of rotatable bonds is 5. The summed E-state index contributed by atoms with van der Waals surface area (Å²) < 4.78 is 0.413. The average molecular weight is 228 g/mol. The van der Waals surface area contributed by atoms with Gasteiger partial charge in [-0.3, -0.25) is 4.90 Å². The van der Waals surface area contributed by atoms with Gasteiger partial charge >= 0.3 is 0 Å². The van der Waals surface area contributed by atoms with Crippen molar-refractivity contribution in [2.45, 2.75) is 25.5 Å². The first-order valence-corrected chi connectivity index (χ1v) is 6.76. The van der Waals surface area contributed by atoms with Crippen LogP contribution in [0.3, 0.4) is 0 Å². The van der Waals surface area contributed by atoms with E-state index < -0.39 is 0 Å². The van der Waals surface area contributed by atoms with E-state index in [2.05, 4.69) is 49.3 Å². The van der Waals surface area contributed by atoms with Crippen molar-refractivity contribution in [3.63, 3.8) is 0 Å². The van der Waals surface area contributed by atoms with Crippen molar-refractivity contribution in [3.8, 4) is 0 Å². The minimum Gasteiger partial charge on any atom is -0.313 e. The lowest BCUT2D eigenvalue weighted by Gasteiger charge is -2.37. The Bertz CT molecular complexity index is 214. The van der Waals surface area contributed by atoms with Crippen molar-refractivity contribution in [1.82, 2.24) is 10.2 Å². The fraction of sp³-hybridized carbons (Fsp3) is 0.833. The molecule has 0 radical (unpaired) electrons. The van der Waals surface area contributed by atoms with Crippen molar-refractivity contribution in [1.29, 1.82) is 0 Å². The first-order chi connectivity index (χ1) is 7.03. The van der Waals surface area contributed by atoms with Crippen LogP contribution in [-0.2, 0) is 0 Å². The number of thioether (sulfide) groups is 1. The molecule has 0 aliphatic carbocycles. The van der Waals surface area contributed by atoms with Crippen LogP contribution in [0.1, 0.15) is 20.8 Å². The van der Waals surface area contributed by atoms with Gasteiger partial charge in [0.2, 0.25) is 0 Å². The van der Waals surface area contributed by atoms with Crippen molar-refractivity contribution < 1.29 is 0 Å². The van der Waals surface area contributed by atoms with Gasteiger partial charge < -0.3 is 5.32 Å². The zero-order chi connectivity index (χ0) is 11.3. The summed E-state index contributed by atoms with van der Waals surface area (Å²) in [6, 6.07) is 0. The average Bonchev–Trinajstić information content (AvgIpc) is 2.13. The molecule has 1 saturated heterocycles. The van der Waals surface area contributed by atoms with E-state index in [1.54, 1.807) is 0 Å². The summed E-state index contributed by atoms with van der Waals surface area (Å²) in [5, 5.41) is 3.33. The smallest absolute Gasteiger partial charge is 0.0231 e. The fourth-order valence-electron chi connectivity index (χ4n) is 1.92. The molecule has 0 aromatic rings. The maximum atomic E-state index is 4.12. The predicted molar refractivity (Wildman–Crippen MR) is 70.7 cm³/mol. The largest absolute Gasteiger partial charge is 0.313 e. The third kappa shape index (κ3) is 5.05. The third-order valence-corrected chi connectivity index (χ3v) is 3.87. The Labute approximate surface area is 98.5 Å². The Hall–Kier alpha value is 0.0100. The van der Waals surface area contributed by atoms with Crippen LogP contribution in [0.25, 0.3) is 0 Å². The minimum atomic E-state index is 0.413. The second-order valence-corrected chi connectivity index (χ2v) is 6.65. The molecule has 0 unspecified atom stereocenters. The van der Waals surface area contributed by atoms with Crippen LogP contribution in [0.2, 0.25) is 0 Å². The van der Waals surface area contributed by atoms with Crippen LogP contribution in [0.5, 0.6) is 0 Å². The Kier molecular flexibility index (Phi) is 5.16. The molecule has 0 aromatic carbocycles. The van der Waals surface area contributed by atoms with Crippen molar-refractivity contribution >= 4 is 11.8 Å². The molecular weight excluding hydrogens is 204 g/mol. The van der Waals surface area contributed by atoms with Crippen molar-refractivity contribution in [3.05, 3.63) is 12.2 Å². The summed E-state index contributed by atoms with van der Waals surface area (Å²) in [6.07, 6.45) is 0. The normalized spacial score (nSPS) is 21.5. The van der Waals surface area contributed by atoms with Gasteiger partial charge in [-0.25, -0.2) is 0 Å². The topological polar surface area (TPSA) is 15.3 Å². The van der Waals surface area contributed by atoms with Gasteiger partial charge in [-0.2, -0.15) is 11.8 Å². The molecule has 0 amide bonds. The Balaban J connectivity index is 2.28. The van der Waals surface area contributed by atoms with Gasteiger partial charge in [0.25, 0.3) is 0 Å². The van der Waals surface area contributed by atoms with E-state index in [1.165, 1.54) is 24.4 Å². The zero-order valence-electron chi connectivity index (χ0n) is 10.3. The van der Waals surface area contributed by atoms with E-state index in [-0.39, 0.29) is 0 Å². The highest BCUT2D eigenvalue weighted by Gasteiger charge is 2.26. The van der Waals surface area contributed by atoms with Crippen LogP contribution in [0, 0.1) is 0 Å². The predicted octanol–water partition coefficient (Wildman–Crippen LogP) is 1.98. The molecule has 0 aromatic heterocycles. The summed E-state index contributed by atoms with van der Waals surface area (Å²) in [4.78, 5) is 2.52. The Morgan fingerprint density at radius 2 is 2.27 bits per heavy atom. The van der Waals surface area contributed by atoms with Crippen LogP contribution < -0.4 is 5.32 Å². The lowest BCUT2D eigenvalue weighted by Crippen LogP contribution is -2.44. The minimum absolute atomic E-state index is 0.413. The fourth-order valence-corrected chi connectivity index (χ4v) is 3.10. The number of hydrogen-bond donors (Lipinski definition) is 1. The number of nitrogens with zero attached hydrogens (tertiary/aromatic N) is 1. The van der Waals surface area contributed by atoms with Crippen LogP contribution in [0.4, 0.5) is 0 Å². The molecule has 1 heterocycles. The molecule has 3 heteroatoms. The molecular formula is C12H24N2S.